The molecule has 31 heavy (non-hydrogen) atoms. The molecule has 2 aromatic rings. The Kier molecular flexibility index (Phi) is 5.83. The van der Waals surface area contributed by atoms with Crippen LogP contribution in [-0.4, -0.2) is 37.3 Å². The molecule has 0 aromatic heterocycles. The van der Waals surface area contributed by atoms with Crippen molar-refractivity contribution in [2.24, 2.45) is 5.92 Å². The van der Waals surface area contributed by atoms with Crippen molar-refractivity contribution in [3.63, 3.8) is 0 Å². The fraction of sp³-hybridized carbons (Fsp3) is 0.458. The van der Waals surface area contributed by atoms with Crippen molar-refractivity contribution >= 4 is 15.9 Å². The predicted octanol–water partition coefficient (Wildman–Crippen LogP) is 4.14. The molecule has 4 rings (SSSR count). The van der Waals surface area contributed by atoms with Crippen molar-refractivity contribution < 1.29 is 17.9 Å². The van der Waals surface area contributed by atoms with Crippen LogP contribution in [0.2, 0.25) is 0 Å². The molecule has 1 N–H and O–H groups in total. The van der Waals surface area contributed by atoms with Crippen LogP contribution in [0, 0.1) is 5.92 Å². The van der Waals surface area contributed by atoms with Gasteiger partial charge in [-0.15, -0.1) is 0 Å². The van der Waals surface area contributed by atoms with Crippen molar-refractivity contribution in [1.82, 2.24) is 9.62 Å². The number of para-hydroxylation sites is 1. The number of amides is 1. The van der Waals surface area contributed by atoms with Gasteiger partial charge < -0.3 is 10.1 Å². The van der Waals surface area contributed by atoms with Crippen LogP contribution >= 0.6 is 0 Å². The molecule has 0 unspecified atom stereocenters. The Bertz CT molecular complexity index is 1070. The maximum atomic E-state index is 13.1. The summed E-state index contributed by atoms with van der Waals surface area (Å²) in [5.41, 5.74) is 0.859. The van der Waals surface area contributed by atoms with E-state index in [0.717, 1.165) is 24.2 Å². The maximum Gasteiger partial charge on any atom is 0.251 e. The smallest absolute Gasteiger partial charge is 0.251 e. The second kappa shape index (κ2) is 8.28. The van der Waals surface area contributed by atoms with Crippen LogP contribution in [-0.2, 0) is 10.0 Å². The van der Waals surface area contributed by atoms with Gasteiger partial charge in [-0.25, -0.2) is 8.42 Å². The number of carbonyl (C=O) groups excluding carboxylic acids is 1. The second-order valence-electron chi connectivity index (χ2n) is 9.24. The first kappa shape index (κ1) is 21.8. The first-order valence-corrected chi connectivity index (χ1v) is 12.3. The molecule has 0 spiro atoms. The molecular formula is C24H30N2O4S. The molecule has 0 saturated carbocycles. The molecule has 166 valence electrons. The maximum absolute atomic E-state index is 13.1. The van der Waals surface area contributed by atoms with Gasteiger partial charge in [0.2, 0.25) is 10.0 Å². The van der Waals surface area contributed by atoms with E-state index >= 15 is 0 Å². The van der Waals surface area contributed by atoms with E-state index in [1.165, 1.54) is 10.4 Å². The highest BCUT2D eigenvalue weighted by Gasteiger charge is 2.35. The minimum atomic E-state index is -3.61. The molecule has 2 aliphatic rings. The fourth-order valence-corrected chi connectivity index (χ4v) is 5.86. The van der Waals surface area contributed by atoms with Crippen LogP contribution in [0.3, 0.4) is 0 Å². The third-order valence-corrected chi connectivity index (χ3v) is 8.05. The van der Waals surface area contributed by atoms with Crippen molar-refractivity contribution in [3.05, 3.63) is 59.7 Å². The molecule has 2 heterocycles. The minimum absolute atomic E-state index is 0.169. The van der Waals surface area contributed by atoms with Crippen LogP contribution in [0.25, 0.3) is 0 Å². The zero-order chi connectivity index (χ0) is 22.2. The van der Waals surface area contributed by atoms with E-state index in [9.17, 15) is 13.2 Å². The molecular weight excluding hydrogens is 412 g/mol. The lowest BCUT2D eigenvalue weighted by Crippen LogP contribution is -2.41. The van der Waals surface area contributed by atoms with E-state index < -0.39 is 15.6 Å². The fourth-order valence-electron chi connectivity index (χ4n) is 4.34. The van der Waals surface area contributed by atoms with Gasteiger partial charge in [0.25, 0.3) is 5.91 Å². The Morgan fingerprint density at radius 2 is 1.81 bits per heavy atom. The van der Waals surface area contributed by atoms with Gasteiger partial charge in [0.05, 0.1) is 10.9 Å². The van der Waals surface area contributed by atoms with Crippen LogP contribution in [0.15, 0.2) is 53.4 Å². The largest absolute Gasteiger partial charge is 0.487 e. The van der Waals surface area contributed by atoms with Crippen molar-refractivity contribution in [3.8, 4) is 5.75 Å². The lowest BCUT2D eigenvalue weighted by Gasteiger charge is -2.37. The van der Waals surface area contributed by atoms with Gasteiger partial charge in [0.15, 0.2) is 0 Å². The second-order valence-corrected chi connectivity index (χ2v) is 11.2. The zero-order valence-corrected chi connectivity index (χ0v) is 19.1. The number of hydrogen-bond donors (Lipinski definition) is 1. The molecule has 1 saturated heterocycles. The molecule has 0 bridgehead atoms. The third-order valence-electron chi connectivity index (χ3n) is 6.16. The summed E-state index contributed by atoms with van der Waals surface area (Å²) in [6.07, 6.45) is 2.34. The Morgan fingerprint density at radius 3 is 2.55 bits per heavy atom. The summed E-state index contributed by atoms with van der Waals surface area (Å²) >= 11 is 0. The first-order valence-electron chi connectivity index (χ1n) is 10.8. The van der Waals surface area contributed by atoms with E-state index in [1.54, 1.807) is 18.2 Å². The monoisotopic (exact) mass is 442 g/mol. The van der Waals surface area contributed by atoms with Crippen molar-refractivity contribution in [2.45, 2.75) is 56.6 Å². The number of rotatable bonds is 4. The Balaban J connectivity index is 1.55. The van der Waals surface area contributed by atoms with Gasteiger partial charge in [-0.1, -0.05) is 31.2 Å². The minimum Gasteiger partial charge on any atom is -0.487 e. The molecule has 1 amide bonds. The number of carbonyl (C=O) groups is 1. The van der Waals surface area contributed by atoms with E-state index in [-0.39, 0.29) is 16.8 Å². The number of nitrogens with one attached hydrogen (secondary N) is 1. The third kappa shape index (κ3) is 4.62. The normalized spacial score (nSPS) is 21.7. The molecule has 2 aliphatic heterocycles. The number of fused-ring (bicyclic) bond motifs is 1. The lowest BCUT2D eigenvalue weighted by atomic mass is 9.89. The van der Waals surface area contributed by atoms with Crippen LogP contribution in [0.1, 0.15) is 62.0 Å². The van der Waals surface area contributed by atoms with Gasteiger partial charge >= 0.3 is 0 Å². The average molecular weight is 443 g/mol. The highest BCUT2D eigenvalue weighted by Crippen LogP contribution is 2.39. The first-order chi connectivity index (χ1) is 14.7. The molecule has 0 aliphatic carbocycles. The van der Waals surface area contributed by atoms with Gasteiger partial charge in [-0.05, 0) is 56.9 Å². The Morgan fingerprint density at radius 1 is 1.10 bits per heavy atom. The molecule has 2 aromatic carbocycles. The predicted molar refractivity (Wildman–Crippen MR) is 120 cm³/mol. The molecule has 6 nitrogen and oxygen atoms in total. The highest BCUT2D eigenvalue weighted by molar-refractivity contribution is 7.89. The summed E-state index contributed by atoms with van der Waals surface area (Å²) in [5.74, 6) is 1.01. The van der Waals surface area contributed by atoms with Gasteiger partial charge in [0.1, 0.15) is 11.4 Å². The highest BCUT2D eigenvalue weighted by atomic mass is 32.2. The number of hydrogen-bond acceptors (Lipinski definition) is 4. The molecule has 1 atom stereocenters. The van der Waals surface area contributed by atoms with E-state index in [2.05, 4.69) is 12.2 Å². The summed E-state index contributed by atoms with van der Waals surface area (Å²) in [6.45, 7) is 7.18. The quantitative estimate of drug-likeness (QED) is 0.772. The Labute approximate surface area is 184 Å². The topological polar surface area (TPSA) is 75.7 Å². The van der Waals surface area contributed by atoms with Gasteiger partial charge in [-0.3, -0.25) is 4.79 Å². The summed E-state index contributed by atoms with van der Waals surface area (Å²) in [5, 5.41) is 3.08. The van der Waals surface area contributed by atoms with Crippen LogP contribution < -0.4 is 10.1 Å². The summed E-state index contributed by atoms with van der Waals surface area (Å²) in [4.78, 5) is 13.2. The van der Waals surface area contributed by atoms with Crippen LogP contribution in [0.5, 0.6) is 5.75 Å². The van der Waals surface area contributed by atoms with E-state index in [0.29, 0.717) is 31.0 Å². The molecule has 0 radical (unpaired) electrons. The van der Waals surface area contributed by atoms with Gasteiger partial charge in [-0.2, -0.15) is 4.31 Å². The summed E-state index contributed by atoms with van der Waals surface area (Å²) in [6, 6.07) is 13.8. The number of piperidine rings is 1. The summed E-state index contributed by atoms with van der Waals surface area (Å²) in [7, 11) is -3.61. The lowest BCUT2D eigenvalue weighted by molar-refractivity contribution is 0.0619. The molecule has 7 heteroatoms. The number of nitrogens with zero attached hydrogens (tertiary/aromatic N) is 1. The SMILES string of the molecule is CC1CCN(S(=O)(=O)c2cccc(C(=O)N[C@@H]3CC(C)(C)Oc4ccccc43)c2)CC1. The van der Waals surface area contributed by atoms with Crippen molar-refractivity contribution in [1.29, 1.82) is 0 Å². The van der Waals surface area contributed by atoms with E-state index in [4.69, 9.17) is 4.74 Å². The Hall–Kier alpha value is -2.38. The standard InChI is InChI=1S/C24H30N2O4S/c1-17-11-13-26(14-12-17)31(28,29)19-8-6-7-18(15-19)23(27)25-21-16-24(2,3)30-22-10-5-4-9-20(21)22/h4-10,15,17,21H,11-14,16H2,1-3H3,(H,25,27)/t21-/m1/s1. The number of ether oxygens (including phenoxy) is 1. The average Bonchev–Trinajstić information content (AvgIpc) is 2.73. The summed E-state index contributed by atoms with van der Waals surface area (Å²) < 4.78 is 33.7. The van der Waals surface area contributed by atoms with E-state index in [1.807, 2.05) is 38.1 Å². The van der Waals surface area contributed by atoms with Gasteiger partial charge in [0, 0.05) is 30.6 Å². The van der Waals surface area contributed by atoms with Crippen molar-refractivity contribution in [2.75, 3.05) is 13.1 Å². The number of sulfonamides is 1. The number of benzene rings is 2. The van der Waals surface area contributed by atoms with Crippen LogP contribution in [0.4, 0.5) is 0 Å². The zero-order valence-electron chi connectivity index (χ0n) is 18.3. The molecule has 1 fully saturated rings.